The van der Waals surface area contributed by atoms with Crippen LogP contribution in [0.2, 0.25) is 0 Å². The lowest BCUT2D eigenvalue weighted by Gasteiger charge is -2.36. The van der Waals surface area contributed by atoms with Crippen molar-refractivity contribution in [2.75, 3.05) is 32.7 Å². The minimum atomic E-state index is -4.45. The molecule has 27 heavy (non-hydrogen) atoms. The van der Waals surface area contributed by atoms with E-state index in [-0.39, 0.29) is 13.1 Å². The molecule has 4 N–H and O–H groups in total. The van der Waals surface area contributed by atoms with Crippen LogP contribution in [0.4, 0.5) is 13.2 Å². The fraction of sp³-hybridized carbons (Fsp3) is 0.667. The first-order valence-electron chi connectivity index (χ1n) is 8.32. The van der Waals surface area contributed by atoms with Gasteiger partial charge in [0.25, 0.3) is 0 Å². The van der Waals surface area contributed by atoms with E-state index in [1.54, 1.807) is 0 Å². The molecule has 0 spiro atoms. The lowest BCUT2D eigenvalue weighted by atomic mass is 10.1. The van der Waals surface area contributed by atoms with Gasteiger partial charge in [-0.3, -0.25) is 14.5 Å². The van der Waals surface area contributed by atoms with E-state index in [1.165, 1.54) is 11.8 Å². The number of amides is 2. The zero-order valence-corrected chi connectivity index (χ0v) is 15.5. The smallest absolute Gasteiger partial charge is 0.391 e. The fourth-order valence-corrected chi connectivity index (χ4v) is 3.49. The molecular weight excluding hydrogens is 387 g/mol. The van der Waals surface area contributed by atoms with Crippen molar-refractivity contribution >= 4 is 23.2 Å². The zero-order valence-electron chi connectivity index (χ0n) is 14.7. The maximum Gasteiger partial charge on any atom is 0.434 e. The predicted octanol–water partition coefficient (Wildman–Crippen LogP) is -0.370. The summed E-state index contributed by atoms with van der Waals surface area (Å²) in [6, 6.07) is -1.08. The second-order valence-electron chi connectivity index (χ2n) is 6.22. The summed E-state index contributed by atoms with van der Waals surface area (Å²) >= 11 is 0.950. The minimum absolute atomic E-state index is 0.270. The number of carbonyl (C=O) groups is 2. The van der Waals surface area contributed by atoms with Gasteiger partial charge in [-0.15, -0.1) is 11.3 Å². The van der Waals surface area contributed by atoms with Crippen molar-refractivity contribution in [2.24, 2.45) is 5.73 Å². The first-order valence-corrected chi connectivity index (χ1v) is 9.20. The topological polar surface area (TPSA) is 112 Å². The average molecular weight is 409 g/mol. The molecule has 1 saturated heterocycles. The zero-order chi connectivity index (χ0) is 20.2. The fourth-order valence-electron chi connectivity index (χ4n) is 2.65. The summed E-state index contributed by atoms with van der Waals surface area (Å²) in [6.45, 7) is 2.94. The molecule has 2 amide bonds. The molecule has 0 bridgehead atoms. The largest absolute Gasteiger partial charge is 0.434 e. The number of alkyl halides is 3. The van der Waals surface area contributed by atoms with Gasteiger partial charge in [0.05, 0.1) is 19.2 Å². The number of aliphatic hydroxyl groups is 1. The first-order chi connectivity index (χ1) is 12.6. The van der Waals surface area contributed by atoms with Crippen molar-refractivity contribution in [3.05, 3.63) is 16.1 Å². The van der Waals surface area contributed by atoms with Gasteiger partial charge in [-0.2, -0.15) is 13.2 Å². The molecule has 8 nitrogen and oxygen atoms in total. The van der Waals surface area contributed by atoms with E-state index in [9.17, 15) is 27.9 Å². The SMILES string of the molecule is C[C@H](O)[C@@H](NC(=O)CN)C(=O)N1CCN(Cc2nc(C(F)(F)F)cs2)CC1. The molecule has 0 unspecified atom stereocenters. The predicted molar refractivity (Wildman–Crippen MR) is 91.6 cm³/mol. The summed E-state index contributed by atoms with van der Waals surface area (Å²) in [7, 11) is 0. The number of nitrogens with two attached hydrogens (primary N) is 1. The number of aromatic nitrogens is 1. The van der Waals surface area contributed by atoms with E-state index in [4.69, 9.17) is 5.73 Å². The van der Waals surface area contributed by atoms with Gasteiger partial charge in [-0.1, -0.05) is 0 Å². The lowest BCUT2D eigenvalue weighted by Crippen LogP contribution is -2.58. The van der Waals surface area contributed by atoms with Crippen molar-refractivity contribution < 1.29 is 27.9 Å². The Kier molecular flexibility index (Phi) is 7.14. The molecule has 152 valence electrons. The standard InChI is InChI=1S/C15H22F3N5O3S/c1-9(24)13(21-11(25)6-19)14(26)23-4-2-22(3-5-23)7-12-20-10(8-27-12)15(16,17)18/h8-9,13,24H,2-7,19H2,1H3,(H,21,25)/t9-,13+/m0/s1. The van der Waals surface area contributed by atoms with E-state index in [2.05, 4.69) is 10.3 Å². The molecule has 2 atom stereocenters. The van der Waals surface area contributed by atoms with Crippen molar-refractivity contribution in [1.29, 1.82) is 0 Å². The Labute approximate surface area is 158 Å². The quantitative estimate of drug-likeness (QED) is 0.591. The van der Waals surface area contributed by atoms with Crippen LogP contribution in [0.1, 0.15) is 17.6 Å². The van der Waals surface area contributed by atoms with Crippen molar-refractivity contribution in [3.8, 4) is 0 Å². The number of piperazine rings is 1. The van der Waals surface area contributed by atoms with Crippen molar-refractivity contribution in [1.82, 2.24) is 20.1 Å². The Morgan fingerprint density at radius 2 is 2.00 bits per heavy atom. The normalized spacial score (nSPS) is 18.2. The summed E-state index contributed by atoms with van der Waals surface area (Å²) in [5.74, 6) is -0.961. The number of thiazole rings is 1. The Hall–Kier alpha value is -1.76. The number of rotatable bonds is 6. The summed E-state index contributed by atoms with van der Waals surface area (Å²) < 4.78 is 37.8. The Balaban J connectivity index is 1.89. The molecule has 0 saturated carbocycles. The summed E-state index contributed by atoms with van der Waals surface area (Å²) in [6.07, 6.45) is -5.54. The molecule has 0 aromatic carbocycles. The van der Waals surface area contributed by atoms with Crippen LogP contribution in [-0.4, -0.2) is 76.6 Å². The highest BCUT2D eigenvalue weighted by Gasteiger charge is 2.34. The van der Waals surface area contributed by atoms with Crippen LogP contribution in [0.25, 0.3) is 0 Å². The highest BCUT2D eigenvalue weighted by atomic mass is 32.1. The number of aliphatic hydroxyl groups excluding tert-OH is 1. The van der Waals surface area contributed by atoms with E-state index >= 15 is 0 Å². The number of hydrogen-bond acceptors (Lipinski definition) is 7. The molecule has 12 heteroatoms. The lowest BCUT2D eigenvalue weighted by molar-refractivity contribution is -0.141. The van der Waals surface area contributed by atoms with Gasteiger partial charge in [0.15, 0.2) is 5.69 Å². The average Bonchev–Trinajstić information content (AvgIpc) is 3.08. The maximum atomic E-state index is 12.6. The van der Waals surface area contributed by atoms with Gasteiger partial charge in [0.2, 0.25) is 11.8 Å². The van der Waals surface area contributed by atoms with Crippen LogP contribution in [0.5, 0.6) is 0 Å². The Morgan fingerprint density at radius 1 is 1.37 bits per heavy atom. The van der Waals surface area contributed by atoms with Crippen LogP contribution in [0, 0.1) is 0 Å². The number of halogens is 3. The molecule has 2 rings (SSSR count). The molecule has 0 radical (unpaired) electrons. The Bertz CT molecular complexity index is 659. The molecular formula is C15H22F3N5O3S. The third-order valence-corrected chi connectivity index (χ3v) is 4.97. The van der Waals surface area contributed by atoms with Gasteiger partial charge >= 0.3 is 6.18 Å². The van der Waals surface area contributed by atoms with Crippen LogP contribution in [0.3, 0.4) is 0 Å². The maximum absolute atomic E-state index is 12.6. The van der Waals surface area contributed by atoms with E-state index in [0.717, 1.165) is 16.7 Å². The van der Waals surface area contributed by atoms with Crippen molar-refractivity contribution in [3.63, 3.8) is 0 Å². The first kappa shape index (κ1) is 21.5. The molecule has 1 fully saturated rings. The minimum Gasteiger partial charge on any atom is -0.391 e. The van der Waals surface area contributed by atoms with Crippen LogP contribution >= 0.6 is 11.3 Å². The van der Waals surface area contributed by atoms with E-state index in [0.29, 0.717) is 31.2 Å². The summed E-state index contributed by atoms with van der Waals surface area (Å²) in [4.78, 5) is 31.0. The molecule has 1 aromatic rings. The van der Waals surface area contributed by atoms with E-state index in [1.807, 2.05) is 4.90 Å². The van der Waals surface area contributed by atoms with Gasteiger partial charge in [-0.25, -0.2) is 4.98 Å². The summed E-state index contributed by atoms with van der Waals surface area (Å²) in [5.41, 5.74) is 4.32. The van der Waals surface area contributed by atoms with Crippen LogP contribution < -0.4 is 11.1 Å². The third kappa shape index (κ3) is 5.86. The molecule has 2 heterocycles. The van der Waals surface area contributed by atoms with Gasteiger partial charge in [-0.05, 0) is 6.92 Å². The number of hydrogen-bond donors (Lipinski definition) is 3. The van der Waals surface area contributed by atoms with E-state index < -0.39 is 35.8 Å². The third-order valence-electron chi connectivity index (χ3n) is 4.14. The number of carbonyl (C=O) groups excluding carboxylic acids is 2. The molecule has 1 aromatic heterocycles. The number of nitrogens with zero attached hydrogens (tertiary/aromatic N) is 3. The monoisotopic (exact) mass is 409 g/mol. The molecule has 0 aliphatic carbocycles. The molecule has 1 aliphatic rings. The molecule has 1 aliphatic heterocycles. The highest BCUT2D eigenvalue weighted by molar-refractivity contribution is 7.09. The Morgan fingerprint density at radius 3 is 2.48 bits per heavy atom. The summed E-state index contributed by atoms with van der Waals surface area (Å²) in [5, 5.41) is 13.5. The van der Waals surface area contributed by atoms with Gasteiger partial charge in [0.1, 0.15) is 11.0 Å². The van der Waals surface area contributed by atoms with Gasteiger partial charge < -0.3 is 21.1 Å². The highest BCUT2D eigenvalue weighted by Crippen LogP contribution is 2.30. The van der Waals surface area contributed by atoms with Gasteiger partial charge in [0, 0.05) is 31.6 Å². The second kappa shape index (κ2) is 8.95. The van der Waals surface area contributed by atoms with Crippen LogP contribution in [0.15, 0.2) is 5.38 Å². The second-order valence-corrected chi connectivity index (χ2v) is 7.16. The van der Waals surface area contributed by atoms with Crippen LogP contribution in [-0.2, 0) is 22.3 Å². The number of nitrogens with one attached hydrogen (secondary N) is 1. The van der Waals surface area contributed by atoms with Crippen molar-refractivity contribution in [2.45, 2.75) is 31.8 Å².